The van der Waals surface area contributed by atoms with Crippen LogP contribution in [0.15, 0.2) is 41.4 Å². The number of halogens is 1. The number of para-hydroxylation sites is 1. The highest BCUT2D eigenvalue weighted by Crippen LogP contribution is 2.34. The molecular weight excluding hydrogens is 318 g/mol. The fourth-order valence-corrected chi connectivity index (χ4v) is 3.61. The maximum absolute atomic E-state index is 12.8. The van der Waals surface area contributed by atoms with Crippen LogP contribution in [0, 0.1) is 0 Å². The second-order valence-electron chi connectivity index (χ2n) is 5.34. The van der Waals surface area contributed by atoms with Crippen LogP contribution in [0.5, 0.6) is 0 Å². The number of nitrogens with zero attached hydrogens (tertiary/aromatic N) is 3. The molecule has 0 saturated heterocycles. The SMILES string of the molecule is C[C@H](Sc1ccc(Cl)nn1)C(=O)N1c2ccccc2C[C@H]1C. The number of fused-ring (bicyclic) bond motifs is 1. The van der Waals surface area contributed by atoms with Crippen LogP contribution in [0.4, 0.5) is 5.69 Å². The minimum absolute atomic E-state index is 0.0965. The van der Waals surface area contributed by atoms with Gasteiger partial charge in [-0.3, -0.25) is 4.79 Å². The molecule has 2 aromatic rings. The molecule has 1 aliphatic rings. The zero-order chi connectivity index (χ0) is 15.7. The molecule has 0 N–H and O–H groups in total. The van der Waals surface area contributed by atoms with Crippen molar-refractivity contribution in [2.24, 2.45) is 0 Å². The summed E-state index contributed by atoms with van der Waals surface area (Å²) in [5, 5.41) is 8.63. The lowest BCUT2D eigenvalue weighted by atomic mass is 10.1. The Morgan fingerprint density at radius 2 is 2.09 bits per heavy atom. The fraction of sp³-hybridized carbons (Fsp3) is 0.312. The first-order valence-electron chi connectivity index (χ1n) is 7.13. The highest BCUT2D eigenvalue weighted by Gasteiger charge is 2.33. The molecule has 0 bridgehead atoms. The third-order valence-corrected chi connectivity index (χ3v) is 4.91. The Morgan fingerprint density at radius 3 is 2.82 bits per heavy atom. The maximum atomic E-state index is 12.8. The predicted molar refractivity (Wildman–Crippen MR) is 89.5 cm³/mol. The van der Waals surface area contributed by atoms with Gasteiger partial charge in [-0.25, -0.2) is 0 Å². The number of carbonyl (C=O) groups excluding carboxylic acids is 1. The molecule has 0 radical (unpaired) electrons. The largest absolute Gasteiger partial charge is 0.308 e. The molecule has 0 saturated carbocycles. The summed E-state index contributed by atoms with van der Waals surface area (Å²) in [6.45, 7) is 3.98. The number of amides is 1. The van der Waals surface area contributed by atoms with Crippen LogP contribution in [0.2, 0.25) is 5.15 Å². The lowest BCUT2D eigenvalue weighted by Gasteiger charge is -2.25. The van der Waals surface area contributed by atoms with Crippen molar-refractivity contribution in [3.8, 4) is 0 Å². The quantitative estimate of drug-likeness (QED) is 0.805. The summed E-state index contributed by atoms with van der Waals surface area (Å²) < 4.78 is 0. The molecule has 3 rings (SSSR count). The van der Waals surface area contributed by atoms with Gasteiger partial charge in [0.1, 0.15) is 5.03 Å². The van der Waals surface area contributed by atoms with Crippen LogP contribution in [-0.2, 0) is 11.2 Å². The van der Waals surface area contributed by atoms with E-state index in [4.69, 9.17) is 11.6 Å². The molecular formula is C16H16ClN3OS. The van der Waals surface area contributed by atoms with Gasteiger partial charge in [-0.2, -0.15) is 0 Å². The van der Waals surface area contributed by atoms with E-state index < -0.39 is 0 Å². The lowest BCUT2D eigenvalue weighted by Crippen LogP contribution is -2.40. The van der Waals surface area contributed by atoms with Gasteiger partial charge in [0.25, 0.3) is 0 Å². The summed E-state index contributed by atoms with van der Waals surface area (Å²) in [6.07, 6.45) is 0.903. The second kappa shape index (κ2) is 6.26. The van der Waals surface area contributed by atoms with E-state index >= 15 is 0 Å². The minimum Gasteiger partial charge on any atom is -0.308 e. The molecule has 0 fully saturated rings. The molecule has 6 heteroatoms. The van der Waals surface area contributed by atoms with Crippen LogP contribution in [0.1, 0.15) is 19.4 Å². The summed E-state index contributed by atoms with van der Waals surface area (Å²) in [6, 6.07) is 11.7. The van der Waals surface area contributed by atoms with Crippen molar-refractivity contribution >= 4 is 35.0 Å². The smallest absolute Gasteiger partial charge is 0.240 e. The van der Waals surface area contributed by atoms with Crippen LogP contribution in [-0.4, -0.2) is 27.4 Å². The van der Waals surface area contributed by atoms with Crippen molar-refractivity contribution in [1.82, 2.24) is 10.2 Å². The van der Waals surface area contributed by atoms with Crippen molar-refractivity contribution in [2.45, 2.75) is 36.6 Å². The highest BCUT2D eigenvalue weighted by molar-refractivity contribution is 8.00. The maximum Gasteiger partial charge on any atom is 0.240 e. The van der Waals surface area contributed by atoms with Gasteiger partial charge >= 0.3 is 0 Å². The Hall–Kier alpha value is -1.59. The Morgan fingerprint density at radius 1 is 1.32 bits per heavy atom. The number of anilines is 1. The summed E-state index contributed by atoms with van der Waals surface area (Å²) in [7, 11) is 0. The fourth-order valence-electron chi connectivity index (χ4n) is 2.70. The van der Waals surface area contributed by atoms with E-state index in [1.54, 1.807) is 12.1 Å². The molecule has 22 heavy (non-hydrogen) atoms. The van der Waals surface area contributed by atoms with Gasteiger partial charge in [-0.15, -0.1) is 10.2 Å². The predicted octanol–water partition coefficient (Wildman–Crippen LogP) is 3.59. The third kappa shape index (κ3) is 2.96. The first-order valence-corrected chi connectivity index (χ1v) is 8.39. The van der Waals surface area contributed by atoms with Crippen molar-refractivity contribution in [2.75, 3.05) is 4.90 Å². The molecule has 1 aromatic carbocycles. The summed E-state index contributed by atoms with van der Waals surface area (Å²) in [4.78, 5) is 14.7. The van der Waals surface area contributed by atoms with E-state index in [1.807, 2.05) is 30.0 Å². The number of hydrogen-bond donors (Lipinski definition) is 0. The van der Waals surface area contributed by atoms with Gasteiger partial charge in [0.15, 0.2) is 5.15 Å². The molecule has 0 spiro atoms. The average Bonchev–Trinajstić information content (AvgIpc) is 2.84. The van der Waals surface area contributed by atoms with E-state index in [-0.39, 0.29) is 17.2 Å². The monoisotopic (exact) mass is 333 g/mol. The van der Waals surface area contributed by atoms with E-state index in [2.05, 4.69) is 23.2 Å². The number of aromatic nitrogens is 2. The lowest BCUT2D eigenvalue weighted by molar-refractivity contribution is -0.118. The number of carbonyl (C=O) groups is 1. The minimum atomic E-state index is -0.232. The van der Waals surface area contributed by atoms with Gasteiger partial charge < -0.3 is 4.90 Å². The van der Waals surface area contributed by atoms with E-state index in [9.17, 15) is 4.79 Å². The topological polar surface area (TPSA) is 46.1 Å². The van der Waals surface area contributed by atoms with Gasteiger partial charge in [0.2, 0.25) is 5.91 Å². The zero-order valence-corrected chi connectivity index (χ0v) is 13.9. The van der Waals surface area contributed by atoms with Crippen molar-refractivity contribution in [1.29, 1.82) is 0 Å². The normalized spacial score (nSPS) is 18.1. The van der Waals surface area contributed by atoms with Crippen LogP contribution >= 0.6 is 23.4 Å². The van der Waals surface area contributed by atoms with Crippen LogP contribution in [0.25, 0.3) is 0 Å². The molecule has 2 atom stereocenters. The Kier molecular flexibility index (Phi) is 4.36. The molecule has 4 nitrogen and oxygen atoms in total. The molecule has 114 valence electrons. The van der Waals surface area contributed by atoms with Crippen molar-refractivity contribution < 1.29 is 4.79 Å². The Balaban J connectivity index is 1.77. The molecule has 2 heterocycles. The van der Waals surface area contributed by atoms with Gasteiger partial charge in [-0.1, -0.05) is 41.6 Å². The summed E-state index contributed by atoms with van der Waals surface area (Å²) >= 11 is 7.13. The van der Waals surface area contributed by atoms with Gasteiger partial charge in [0.05, 0.1) is 5.25 Å². The first-order chi connectivity index (χ1) is 10.6. The van der Waals surface area contributed by atoms with Crippen LogP contribution < -0.4 is 4.90 Å². The summed E-state index contributed by atoms with van der Waals surface area (Å²) in [5.41, 5.74) is 2.25. The average molecular weight is 334 g/mol. The standard InChI is InChI=1S/C16H16ClN3OS/c1-10-9-12-5-3-4-6-13(12)20(10)16(21)11(2)22-15-8-7-14(17)18-19-15/h3-8,10-11H,9H2,1-2H3/t10-,11+/m1/s1. The number of rotatable bonds is 3. The third-order valence-electron chi connectivity index (χ3n) is 3.70. The van der Waals surface area contributed by atoms with Gasteiger partial charge in [-0.05, 0) is 44.0 Å². The number of benzene rings is 1. The van der Waals surface area contributed by atoms with Gasteiger partial charge in [0, 0.05) is 11.7 Å². The molecule has 1 aromatic heterocycles. The highest BCUT2D eigenvalue weighted by atomic mass is 35.5. The van der Waals surface area contributed by atoms with E-state index in [1.165, 1.54) is 17.3 Å². The van der Waals surface area contributed by atoms with Crippen LogP contribution in [0.3, 0.4) is 0 Å². The van der Waals surface area contributed by atoms with E-state index in [0.29, 0.717) is 10.2 Å². The molecule has 1 aliphatic heterocycles. The van der Waals surface area contributed by atoms with Crippen molar-refractivity contribution in [3.63, 3.8) is 0 Å². The number of thioether (sulfide) groups is 1. The summed E-state index contributed by atoms with van der Waals surface area (Å²) in [5.74, 6) is 0.0965. The number of hydrogen-bond acceptors (Lipinski definition) is 4. The van der Waals surface area contributed by atoms with E-state index in [0.717, 1.165) is 12.1 Å². The Labute approximate surface area is 138 Å². The molecule has 0 aliphatic carbocycles. The second-order valence-corrected chi connectivity index (χ2v) is 7.09. The molecule has 0 unspecified atom stereocenters. The first kappa shape index (κ1) is 15.3. The van der Waals surface area contributed by atoms with Crippen molar-refractivity contribution in [3.05, 3.63) is 47.1 Å². The molecule has 1 amide bonds. The zero-order valence-electron chi connectivity index (χ0n) is 12.4. The Bertz CT molecular complexity index is 692.